The average molecular weight is 285 g/mol. The highest BCUT2D eigenvalue weighted by Gasteiger charge is 2.22. The number of benzene rings is 2. The summed E-state index contributed by atoms with van der Waals surface area (Å²) in [5, 5.41) is 0. The number of ketones is 1. The van der Waals surface area contributed by atoms with Gasteiger partial charge in [0, 0.05) is 30.8 Å². The Morgan fingerprint density at radius 2 is 2.05 bits per heavy atom. The van der Waals surface area contributed by atoms with Crippen molar-refractivity contribution in [2.24, 2.45) is 0 Å². The summed E-state index contributed by atoms with van der Waals surface area (Å²) >= 11 is 0. The molecule has 0 saturated heterocycles. The SMILES string of the molecule is COc1ccc(CN2CCC(=O)c3ccccc32)cc1F. The lowest BCUT2D eigenvalue weighted by Crippen LogP contribution is -2.31. The van der Waals surface area contributed by atoms with E-state index in [0.717, 1.165) is 16.8 Å². The molecule has 0 bridgehead atoms. The molecular formula is C17H16FNO2. The summed E-state index contributed by atoms with van der Waals surface area (Å²) in [4.78, 5) is 14.0. The van der Waals surface area contributed by atoms with Crippen LogP contribution in [0.25, 0.3) is 0 Å². The van der Waals surface area contributed by atoms with Crippen LogP contribution in [0.15, 0.2) is 42.5 Å². The number of para-hydroxylation sites is 1. The van der Waals surface area contributed by atoms with E-state index in [1.54, 1.807) is 6.07 Å². The molecule has 1 aliphatic rings. The minimum atomic E-state index is -0.364. The molecular weight excluding hydrogens is 269 g/mol. The van der Waals surface area contributed by atoms with Gasteiger partial charge in [-0.05, 0) is 29.8 Å². The second-order valence-corrected chi connectivity index (χ2v) is 5.08. The number of halogens is 1. The fraction of sp³-hybridized carbons (Fsp3) is 0.235. The van der Waals surface area contributed by atoms with Gasteiger partial charge in [0.2, 0.25) is 0 Å². The number of ether oxygens (including phenoxy) is 1. The van der Waals surface area contributed by atoms with Crippen LogP contribution in [0.1, 0.15) is 22.3 Å². The van der Waals surface area contributed by atoms with E-state index in [2.05, 4.69) is 4.90 Å². The fourth-order valence-electron chi connectivity index (χ4n) is 2.67. The Balaban J connectivity index is 1.87. The predicted molar refractivity (Wildman–Crippen MR) is 79.4 cm³/mol. The van der Waals surface area contributed by atoms with Crippen molar-refractivity contribution in [1.82, 2.24) is 0 Å². The number of carbonyl (C=O) groups is 1. The monoisotopic (exact) mass is 285 g/mol. The second-order valence-electron chi connectivity index (χ2n) is 5.08. The Hall–Kier alpha value is -2.36. The summed E-state index contributed by atoms with van der Waals surface area (Å²) in [5.74, 6) is 0.0482. The lowest BCUT2D eigenvalue weighted by Gasteiger charge is -2.30. The maximum Gasteiger partial charge on any atom is 0.166 e. The van der Waals surface area contributed by atoms with Crippen molar-refractivity contribution in [2.75, 3.05) is 18.6 Å². The lowest BCUT2D eigenvalue weighted by molar-refractivity contribution is 0.0979. The van der Waals surface area contributed by atoms with E-state index in [1.165, 1.54) is 13.2 Å². The third kappa shape index (κ3) is 2.61. The standard InChI is InChI=1S/C17H16FNO2/c1-21-17-7-6-12(10-14(17)18)11-19-9-8-16(20)13-4-2-3-5-15(13)19/h2-7,10H,8-9,11H2,1H3. The van der Waals surface area contributed by atoms with Crippen molar-refractivity contribution >= 4 is 11.5 Å². The Morgan fingerprint density at radius 1 is 1.24 bits per heavy atom. The number of hydrogen-bond donors (Lipinski definition) is 0. The molecule has 2 aromatic rings. The average Bonchev–Trinajstić information content (AvgIpc) is 2.51. The molecule has 0 amide bonds. The van der Waals surface area contributed by atoms with E-state index in [-0.39, 0.29) is 17.3 Å². The summed E-state index contributed by atoms with van der Waals surface area (Å²) in [6.07, 6.45) is 0.496. The fourth-order valence-corrected chi connectivity index (χ4v) is 2.67. The van der Waals surface area contributed by atoms with Gasteiger partial charge >= 0.3 is 0 Å². The smallest absolute Gasteiger partial charge is 0.166 e. The predicted octanol–water partition coefficient (Wildman–Crippen LogP) is 3.43. The van der Waals surface area contributed by atoms with Gasteiger partial charge in [-0.3, -0.25) is 4.79 Å². The minimum absolute atomic E-state index is 0.169. The van der Waals surface area contributed by atoms with Crippen LogP contribution in [0, 0.1) is 5.82 Å². The molecule has 1 heterocycles. The molecule has 3 nitrogen and oxygen atoms in total. The first kappa shape index (κ1) is 13.6. The Kier molecular flexibility index (Phi) is 3.60. The van der Waals surface area contributed by atoms with E-state index < -0.39 is 0 Å². The first-order valence-electron chi connectivity index (χ1n) is 6.88. The van der Waals surface area contributed by atoms with Crippen LogP contribution in [-0.2, 0) is 6.54 Å². The van der Waals surface area contributed by atoms with E-state index in [1.807, 2.05) is 30.3 Å². The van der Waals surface area contributed by atoms with Crippen LogP contribution in [0.5, 0.6) is 5.75 Å². The molecule has 0 saturated carbocycles. The molecule has 3 rings (SSSR count). The van der Waals surface area contributed by atoms with Crippen molar-refractivity contribution in [3.63, 3.8) is 0 Å². The molecule has 0 atom stereocenters. The summed E-state index contributed by atoms with van der Waals surface area (Å²) < 4.78 is 18.7. The first-order valence-corrected chi connectivity index (χ1v) is 6.88. The molecule has 0 aromatic heterocycles. The van der Waals surface area contributed by atoms with E-state index in [4.69, 9.17) is 4.74 Å². The van der Waals surface area contributed by atoms with Gasteiger partial charge in [0.25, 0.3) is 0 Å². The largest absolute Gasteiger partial charge is 0.494 e. The number of Topliss-reactive ketones (excluding diaryl/α,β-unsaturated/α-hetero) is 1. The first-order chi connectivity index (χ1) is 10.2. The molecule has 0 spiro atoms. The van der Waals surface area contributed by atoms with Gasteiger partial charge in [0.05, 0.1) is 7.11 Å². The zero-order valence-corrected chi connectivity index (χ0v) is 11.8. The maximum absolute atomic E-state index is 13.8. The van der Waals surface area contributed by atoms with Gasteiger partial charge in [0.15, 0.2) is 17.3 Å². The highest BCUT2D eigenvalue weighted by Crippen LogP contribution is 2.28. The highest BCUT2D eigenvalue weighted by molar-refractivity contribution is 6.03. The summed E-state index contributed by atoms with van der Waals surface area (Å²) in [7, 11) is 1.45. The van der Waals surface area contributed by atoms with Crippen LogP contribution < -0.4 is 9.64 Å². The van der Waals surface area contributed by atoms with Crippen molar-refractivity contribution in [2.45, 2.75) is 13.0 Å². The van der Waals surface area contributed by atoms with Crippen LogP contribution in [-0.4, -0.2) is 19.4 Å². The molecule has 0 fully saturated rings. The number of carbonyl (C=O) groups excluding carboxylic acids is 1. The molecule has 0 aliphatic carbocycles. The van der Waals surface area contributed by atoms with Crippen molar-refractivity contribution < 1.29 is 13.9 Å². The van der Waals surface area contributed by atoms with Gasteiger partial charge in [-0.2, -0.15) is 0 Å². The quantitative estimate of drug-likeness (QED) is 0.865. The zero-order valence-electron chi connectivity index (χ0n) is 11.8. The van der Waals surface area contributed by atoms with E-state index in [9.17, 15) is 9.18 Å². The third-order valence-corrected chi connectivity index (χ3v) is 3.74. The van der Waals surface area contributed by atoms with Crippen LogP contribution in [0.4, 0.5) is 10.1 Å². The van der Waals surface area contributed by atoms with Crippen LogP contribution >= 0.6 is 0 Å². The normalized spacial score (nSPS) is 14.0. The number of fused-ring (bicyclic) bond motifs is 1. The van der Waals surface area contributed by atoms with Gasteiger partial charge in [-0.15, -0.1) is 0 Å². The molecule has 108 valence electrons. The third-order valence-electron chi connectivity index (χ3n) is 3.74. The number of nitrogens with zero attached hydrogens (tertiary/aromatic N) is 1. The summed E-state index contributed by atoms with van der Waals surface area (Å²) in [6, 6.07) is 12.5. The topological polar surface area (TPSA) is 29.5 Å². The number of anilines is 1. The second kappa shape index (κ2) is 5.56. The number of rotatable bonds is 3. The summed E-state index contributed by atoms with van der Waals surface area (Å²) in [5.41, 5.74) is 2.53. The Morgan fingerprint density at radius 3 is 2.81 bits per heavy atom. The molecule has 0 radical (unpaired) electrons. The molecule has 1 aliphatic heterocycles. The van der Waals surface area contributed by atoms with Gasteiger partial charge in [-0.1, -0.05) is 18.2 Å². The van der Waals surface area contributed by atoms with Crippen molar-refractivity contribution in [3.05, 3.63) is 59.4 Å². The molecule has 0 N–H and O–H groups in total. The van der Waals surface area contributed by atoms with E-state index in [0.29, 0.717) is 19.5 Å². The van der Waals surface area contributed by atoms with E-state index >= 15 is 0 Å². The molecule has 2 aromatic carbocycles. The van der Waals surface area contributed by atoms with Gasteiger partial charge < -0.3 is 9.64 Å². The lowest BCUT2D eigenvalue weighted by atomic mass is 10.00. The van der Waals surface area contributed by atoms with Gasteiger partial charge in [0.1, 0.15) is 0 Å². The van der Waals surface area contributed by atoms with Crippen molar-refractivity contribution in [3.8, 4) is 5.75 Å². The zero-order chi connectivity index (χ0) is 14.8. The minimum Gasteiger partial charge on any atom is -0.494 e. The van der Waals surface area contributed by atoms with Crippen LogP contribution in [0.3, 0.4) is 0 Å². The molecule has 0 unspecified atom stereocenters. The Labute approximate surface area is 123 Å². The van der Waals surface area contributed by atoms with Crippen molar-refractivity contribution in [1.29, 1.82) is 0 Å². The Bertz CT molecular complexity index is 684. The highest BCUT2D eigenvalue weighted by atomic mass is 19.1. The summed E-state index contributed by atoms with van der Waals surface area (Å²) in [6.45, 7) is 1.23. The molecule has 21 heavy (non-hydrogen) atoms. The molecule has 4 heteroatoms. The maximum atomic E-state index is 13.8. The van der Waals surface area contributed by atoms with Gasteiger partial charge in [-0.25, -0.2) is 4.39 Å². The number of methoxy groups -OCH3 is 1. The van der Waals surface area contributed by atoms with Crippen LogP contribution in [0.2, 0.25) is 0 Å². The number of hydrogen-bond acceptors (Lipinski definition) is 3.